The van der Waals surface area contributed by atoms with Gasteiger partial charge in [0.1, 0.15) is 11.6 Å². The van der Waals surface area contributed by atoms with Gasteiger partial charge in [-0.3, -0.25) is 4.79 Å². The molecule has 1 saturated carbocycles. The summed E-state index contributed by atoms with van der Waals surface area (Å²) in [5.74, 6) is 0.653. The van der Waals surface area contributed by atoms with Gasteiger partial charge in [0.25, 0.3) is 5.91 Å². The minimum absolute atomic E-state index is 0.00258. The summed E-state index contributed by atoms with van der Waals surface area (Å²) in [4.78, 5) is 28.2. The molecule has 2 aromatic heterocycles. The standard InChI is InChI=1S/C23H21ClFN5O/c24-15-6-8-20(28-12-15)29-18-11-14-5-7-19(18)30(13-14)23(31)16-3-1-4-17(25)21(16)22-26-9-2-10-27-22/h1-4,6,8-10,12,14,18-19H,5,7,11,13H2,(H,28,29). The highest BCUT2D eigenvalue weighted by Crippen LogP contribution is 2.38. The molecule has 0 radical (unpaired) electrons. The molecule has 6 rings (SSSR count). The number of hydrogen-bond acceptors (Lipinski definition) is 5. The number of aromatic nitrogens is 3. The van der Waals surface area contributed by atoms with Gasteiger partial charge in [-0.05, 0) is 55.5 Å². The molecule has 6 nitrogen and oxygen atoms in total. The number of anilines is 1. The first-order chi connectivity index (χ1) is 15.1. The molecule has 8 heteroatoms. The fraction of sp³-hybridized carbons (Fsp3) is 0.304. The Morgan fingerprint density at radius 3 is 2.68 bits per heavy atom. The van der Waals surface area contributed by atoms with Gasteiger partial charge in [0.2, 0.25) is 0 Å². The normalized spacial score (nSPS) is 22.4. The second-order valence-electron chi connectivity index (χ2n) is 8.05. The lowest BCUT2D eigenvalue weighted by atomic mass is 9.76. The van der Waals surface area contributed by atoms with Gasteiger partial charge in [0.15, 0.2) is 5.82 Å². The van der Waals surface area contributed by atoms with Gasteiger partial charge in [-0.2, -0.15) is 0 Å². The summed E-state index contributed by atoms with van der Waals surface area (Å²) in [6.07, 6.45) is 7.64. The maximum absolute atomic E-state index is 14.8. The molecule has 3 aliphatic rings. The zero-order valence-electron chi connectivity index (χ0n) is 16.7. The first-order valence-corrected chi connectivity index (χ1v) is 10.7. The van der Waals surface area contributed by atoms with E-state index in [2.05, 4.69) is 20.3 Å². The van der Waals surface area contributed by atoms with E-state index in [4.69, 9.17) is 11.6 Å². The number of amides is 1. The average Bonchev–Trinajstić information content (AvgIpc) is 2.81. The predicted molar refractivity (Wildman–Crippen MR) is 116 cm³/mol. The molecule has 3 unspecified atom stereocenters. The van der Waals surface area contributed by atoms with Crippen LogP contribution in [0.25, 0.3) is 11.4 Å². The van der Waals surface area contributed by atoms with Crippen LogP contribution < -0.4 is 5.32 Å². The van der Waals surface area contributed by atoms with Crippen LogP contribution in [0.3, 0.4) is 0 Å². The highest BCUT2D eigenvalue weighted by molar-refractivity contribution is 6.30. The monoisotopic (exact) mass is 437 g/mol. The van der Waals surface area contributed by atoms with Crippen molar-refractivity contribution < 1.29 is 9.18 Å². The molecule has 1 aromatic carbocycles. The molecule has 3 atom stereocenters. The van der Waals surface area contributed by atoms with Crippen LogP contribution in [0.5, 0.6) is 0 Å². The number of nitrogens with zero attached hydrogens (tertiary/aromatic N) is 4. The molecule has 3 fully saturated rings. The number of pyridine rings is 1. The Hall–Kier alpha value is -3.06. The van der Waals surface area contributed by atoms with Crippen LogP contribution in [0.15, 0.2) is 55.0 Å². The lowest BCUT2D eigenvalue weighted by Crippen LogP contribution is -2.59. The highest BCUT2D eigenvalue weighted by Gasteiger charge is 2.43. The molecule has 4 heterocycles. The van der Waals surface area contributed by atoms with Crippen LogP contribution in [0.2, 0.25) is 5.02 Å². The predicted octanol–water partition coefficient (Wildman–Crippen LogP) is 4.44. The van der Waals surface area contributed by atoms with E-state index in [0.29, 0.717) is 23.0 Å². The molecule has 1 N–H and O–H groups in total. The summed E-state index contributed by atoms with van der Waals surface area (Å²) in [6, 6.07) is 9.93. The third kappa shape index (κ3) is 3.85. The summed E-state index contributed by atoms with van der Waals surface area (Å²) < 4.78 is 14.8. The van der Waals surface area contributed by atoms with Crippen molar-refractivity contribution in [1.82, 2.24) is 19.9 Å². The molecule has 1 aliphatic carbocycles. The average molecular weight is 438 g/mol. The summed E-state index contributed by atoms with van der Waals surface area (Å²) in [6.45, 7) is 0.668. The minimum atomic E-state index is -0.501. The Labute approximate surface area is 184 Å². The summed E-state index contributed by atoms with van der Waals surface area (Å²) in [5.41, 5.74) is 0.445. The SMILES string of the molecule is O=C(c1cccc(F)c1-c1ncccn1)N1CC2CCC1C(Nc1ccc(Cl)cn1)C2. The van der Waals surface area contributed by atoms with Crippen molar-refractivity contribution in [1.29, 1.82) is 0 Å². The molecule has 2 aliphatic heterocycles. The van der Waals surface area contributed by atoms with Crippen molar-refractivity contribution in [3.05, 3.63) is 71.4 Å². The Morgan fingerprint density at radius 1 is 1.10 bits per heavy atom. The smallest absolute Gasteiger partial charge is 0.255 e. The van der Waals surface area contributed by atoms with Gasteiger partial charge < -0.3 is 10.2 Å². The maximum atomic E-state index is 14.8. The van der Waals surface area contributed by atoms with Gasteiger partial charge in [0.05, 0.1) is 22.2 Å². The minimum Gasteiger partial charge on any atom is -0.365 e. The number of nitrogens with one attached hydrogen (secondary N) is 1. The van der Waals surface area contributed by atoms with E-state index in [1.165, 1.54) is 6.07 Å². The Bertz CT molecular complexity index is 1090. The van der Waals surface area contributed by atoms with E-state index in [9.17, 15) is 9.18 Å². The third-order valence-electron chi connectivity index (χ3n) is 6.13. The second kappa shape index (κ2) is 8.23. The zero-order chi connectivity index (χ0) is 21.4. The summed E-state index contributed by atoms with van der Waals surface area (Å²) in [5, 5.41) is 4.05. The quantitative estimate of drug-likeness (QED) is 0.653. The van der Waals surface area contributed by atoms with Crippen LogP contribution in [0.1, 0.15) is 29.6 Å². The fourth-order valence-electron chi connectivity index (χ4n) is 4.75. The Kier molecular flexibility index (Phi) is 5.28. The van der Waals surface area contributed by atoms with Crippen LogP contribution in [0.4, 0.5) is 10.2 Å². The van der Waals surface area contributed by atoms with Crippen molar-refractivity contribution in [3.63, 3.8) is 0 Å². The molecule has 0 spiro atoms. The summed E-state index contributed by atoms with van der Waals surface area (Å²) in [7, 11) is 0. The second-order valence-corrected chi connectivity index (χ2v) is 8.49. The topological polar surface area (TPSA) is 71.0 Å². The molecular weight excluding hydrogens is 417 g/mol. The van der Waals surface area contributed by atoms with Crippen LogP contribution in [0, 0.1) is 11.7 Å². The van der Waals surface area contributed by atoms with Gasteiger partial charge in [-0.25, -0.2) is 19.3 Å². The number of hydrogen-bond donors (Lipinski definition) is 1. The number of carbonyl (C=O) groups excluding carboxylic acids is 1. The molecule has 1 amide bonds. The molecule has 31 heavy (non-hydrogen) atoms. The zero-order valence-corrected chi connectivity index (χ0v) is 17.5. The first kappa shape index (κ1) is 19.9. The lowest BCUT2D eigenvalue weighted by molar-refractivity contribution is 0.0282. The Balaban J connectivity index is 1.45. The number of fused-ring (bicyclic) bond motifs is 3. The summed E-state index contributed by atoms with van der Waals surface area (Å²) >= 11 is 5.94. The van der Waals surface area contributed by atoms with Gasteiger partial charge in [0, 0.05) is 31.2 Å². The van der Waals surface area contributed by atoms with Crippen molar-refractivity contribution in [2.24, 2.45) is 5.92 Å². The van der Waals surface area contributed by atoms with E-state index in [-0.39, 0.29) is 29.4 Å². The highest BCUT2D eigenvalue weighted by atomic mass is 35.5. The number of carbonyl (C=O) groups is 1. The third-order valence-corrected chi connectivity index (χ3v) is 6.36. The fourth-order valence-corrected chi connectivity index (χ4v) is 4.86. The lowest BCUT2D eigenvalue weighted by Gasteiger charge is -2.50. The van der Waals surface area contributed by atoms with Crippen LogP contribution in [-0.2, 0) is 0 Å². The number of benzene rings is 1. The van der Waals surface area contributed by atoms with E-state index < -0.39 is 5.82 Å². The van der Waals surface area contributed by atoms with E-state index in [0.717, 1.165) is 25.1 Å². The van der Waals surface area contributed by atoms with Crippen molar-refractivity contribution in [3.8, 4) is 11.4 Å². The molecule has 158 valence electrons. The molecule has 2 saturated heterocycles. The number of piperidine rings is 2. The van der Waals surface area contributed by atoms with Crippen LogP contribution in [-0.4, -0.2) is 44.4 Å². The van der Waals surface area contributed by atoms with Gasteiger partial charge >= 0.3 is 0 Å². The van der Waals surface area contributed by atoms with E-state index in [1.807, 2.05) is 11.0 Å². The van der Waals surface area contributed by atoms with E-state index in [1.54, 1.807) is 42.9 Å². The van der Waals surface area contributed by atoms with Crippen molar-refractivity contribution in [2.75, 3.05) is 11.9 Å². The van der Waals surface area contributed by atoms with Crippen molar-refractivity contribution >= 4 is 23.3 Å². The van der Waals surface area contributed by atoms with Crippen molar-refractivity contribution in [2.45, 2.75) is 31.3 Å². The van der Waals surface area contributed by atoms with Gasteiger partial charge in [-0.1, -0.05) is 17.7 Å². The largest absolute Gasteiger partial charge is 0.365 e. The molecule has 3 aromatic rings. The number of rotatable bonds is 4. The molecule has 2 bridgehead atoms. The molecular formula is C23H21ClFN5O. The van der Waals surface area contributed by atoms with Gasteiger partial charge in [-0.15, -0.1) is 0 Å². The Morgan fingerprint density at radius 2 is 1.94 bits per heavy atom. The van der Waals surface area contributed by atoms with E-state index >= 15 is 0 Å². The number of halogens is 2. The van der Waals surface area contributed by atoms with Crippen LogP contribution >= 0.6 is 11.6 Å². The maximum Gasteiger partial charge on any atom is 0.255 e. The first-order valence-electron chi connectivity index (χ1n) is 10.3.